The maximum atomic E-state index is 12.0. The summed E-state index contributed by atoms with van der Waals surface area (Å²) >= 11 is 0. The molecule has 0 unspecified atom stereocenters. The minimum Gasteiger partial charge on any atom is -0.296 e. The molecule has 4 nitrogen and oxygen atoms in total. The van der Waals surface area contributed by atoms with Crippen molar-refractivity contribution in [2.75, 3.05) is 0 Å². The van der Waals surface area contributed by atoms with Crippen molar-refractivity contribution >= 4 is 5.52 Å². The lowest BCUT2D eigenvalue weighted by atomic mass is 10.3. The van der Waals surface area contributed by atoms with Crippen LogP contribution in [0.15, 0.2) is 17.1 Å². The summed E-state index contributed by atoms with van der Waals surface area (Å²) in [4.78, 5) is 12.0. The number of rotatable bonds is 1. The molecular formula is C11H13N3O. The van der Waals surface area contributed by atoms with Gasteiger partial charge in [0.25, 0.3) is 5.56 Å². The highest BCUT2D eigenvalue weighted by Gasteiger charge is 2.28. The predicted octanol–water partition coefficient (Wildman–Crippen LogP) is 1.22. The van der Waals surface area contributed by atoms with Crippen LogP contribution in [-0.2, 0) is 7.05 Å². The number of fused-ring (bicyclic) bond motifs is 1. The van der Waals surface area contributed by atoms with E-state index in [4.69, 9.17) is 0 Å². The molecule has 0 bridgehead atoms. The van der Waals surface area contributed by atoms with Crippen molar-refractivity contribution in [3.8, 4) is 0 Å². The Morgan fingerprint density at radius 3 is 2.87 bits per heavy atom. The van der Waals surface area contributed by atoms with Crippen molar-refractivity contribution in [3.63, 3.8) is 0 Å². The monoisotopic (exact) mass is 203 g/mol. The highest BCUT2D eigenvalue weighted by molar-refractivity contribution is 5.47. The SMILES string of the molecule is Cc1cc2c(=O)n(C)c(C3CC3)nn2c1. The van der Waals surface area contributed by atoms with Gasteiger partial charge in [-0.3, -0.25) is 9.36 Å². The van der Waals surface area contributed by atoms with Crippen LogP contribution in [0.1, 0.15) is 30.1 Å². The van der Waals surface area contributed by atoms with E-state index in [9.17, 15) is 4.79 Å². The maximum absolute atomic E-state index is 12.0. The van der Waals surface area contributed by atoms with Crippen molar-refractivity contribution in [2.45, 2.75) is 25.7 Å². The van der Waals surface area contributed by atoms with Gasteiger partial charge in [0.1, 0.15) is 11.3 Å². The van der Waals surface area contributed by atoms with Crippen molar-refractivity contribution in [2.24, 2.45) is 7.05 Å². The minimum absolute atomic E-state index is 0.0556. The Morgan fingerprint density at radius 2 is 2.20 bits per heavy atom. The second-order valence-corrected chi connectivity index (χ2v) is 4.34. The highest BCUT2D eigenvalue weighted by atomic mass is 16.1. The molecule has 4 heteroatoms. The van der Waals surface area contributed by atoms with E-state index in [2.05, 4.69) is 5.10 Å². The van der Waals surface area contributed by atoms with Crippen LogP contribution in [0.3, 0.4) is 0 Å². The Morgan fingerprint density at radius 1 is 1.47 bits per heavy atom. The number of aromatic nitrogens is 3. The molecule has 0 saturated heterocycles. The summed E-state index contributed by atoms with van der Waals surface area (Å²) in [5, 5.41) is 4.50. The molecule has 78 valence electrons. The first kappa shape index (κ1) is 8.71. The summed E-state index contributed by atoms with van der Waals surface area (Å²) in [6.45, 7) is 1.98. The van der Waals surface area contributed by atoms with Gasteiger partial charge in [0, 0.05) is 19.2 Å². The topological polar surface area (TPSA) is 39.3 Å². The lowest BCUT2D eigenvalue weighted by Gasteiger charge is -2.06. The molecule has 0 aromatic carbocycles. The Bertz CT molecular complexity index is 590. The Hall–Kier alpha value is -1.58. The van der Waals surface area contributed by atoms with Crippen molar-refractivity contribution in [3.05, 3.63) is 34.0 Å². The molecule has 0 radical (unpaired) electrons. The second kappa shape index (κ2) is 2.72. The molecular weight excluding hydrogens is 190 g/mol. The Balaban J connectivity index is 2.39. The Labute approximate surface area is 87.1 Å². The zero-order valence-corrected chi connectivity index (χ0v) is 8.90. The fourth-order valence-electron chi connectivity index (χ4n) is 1.97. The van der Waals surface area contributed by atoms with Gasteiger partial charge in [-0.1, -0.05) is 0 Å². The fraction of sp³-hybridized carbons (Fsp3) is 0.455. The number of aryl methyl sites for hydroxylation is 1. The zero-order valence-electron chi connectivity index (χ0n) is 8.90. The molecule has 1 aliphatic carbocycles. The summed E-state index contributed by atoms with van der Waals surface area (Å²) in [6, 6.07) is 1.88. The van der Waals surface area contributed by atoms with E-state index in [1.807, 2.05) is 26.2 Å². The van der Waals surface area contributed by atoms with E-state index >= 15 is 0 Å². The molecule has 0 atom stereocenters. The van der Waals surface area contributed by atoms with Gasteiger partial charge in [0.2, 0.25) is 0 Å². The highest BCUT2D eigenvalue weighted by Crippen LogP contribution is 2.38. The smallest absolute Gasteiger partial charge is 0.277 e. The van der Waals surface area contributed by atoms with E-state index in [-0.39, 0.29) is 5.56 Å². The maximum Gasteiger partial charge on any atom is 0.277 e. The summed E-state index contributed by atoms with van der Waals surface area (Å²) in [5.74, 6) is 1.41. The largest absolute Gasteiger partial charge is 0.296 e. The predicted molar refractivity (Wildman–Crippen MR) is 57.1 cm³/mol. The first-order valence-corrected chi connectivity index (χ1v) is 5.23. The third kappa shape index (κ3) is 1.21. The summed E-state index contributed by atoms with van der Waals surface area (Å²) in [5.41, 5.74) is 1.80. The van der Waals surface area contributed by atoms with Gasteiger partial charge in [-0.05, 0) is 31.4 Å². The number of nitrogens with zero attached hydrogens (tertiary/aromatic N) is 3. The number of hydrogen-bond donors (Lipinski definition) is 0. The van der Waals surface area contributed by atoms with Crippen LogP contribution in [0.25, 0.3) is 5.52 Å². The van der Waals surface area contributed by atoms with Crippen LogP contribution < -0.4 is 5.56 Å². The average molecular weight is 203 g/mol. The third-order valence-corrected chi connectivity index (χ3v) is 2.96. The van der Waals surface area contributed by atoms with Crippen LogP contribution in [0.2, 0.25) is 0 Å². The number of hydrogen-bond acceptors (Lipinski definition) is 2. The van der Waals surface area contributed by atoms with E-state index in [1.165, 1.54) is 0 Å². The summed E-state index contributed by atoms with van der Waals surface area (Å²) in [7, 11) is 1.81. The lowest BCUT2D eigenvalue weighted by Crippen LogP contribution is -2.24. The van der Waals surface area contributed by atoms with Crippen molar-refractivity contribution in [1.82, 2.24) is 14.2 Å². The fourth-order valence-corrected chi connectivity index (χ4v) is 1.97. The molecule has 2 aromatic rings. The minimum atomic E-state index is 0.0556. The van der Waals surface area contributed by atoms with Crippen molar-refractivity contribution in [1.29, 1.82) is 0 Å². The molecule has 2 aromatic heterocycles. The van der Waals surface area contributed by atoms with Crippen LogP contribution in [0.5, 0.6) is 0 Å². The van der Waals surface area contributed by atoms with Gasteiger partial charge >= 0.3 is 0 Å². The first-order chi connectivity index (χ1) is 7.16. The molecule has 1 saturated carbocycles. The molecule has 1 aliphatic rings. The second-order valence-electron chi connectivity index (χ2n) is 4.34. The Kier molecular flexibility index (Phi) is 1.58. The molecule has 0 spiro atoms. The quantitative estimate of drug-likeness (QED) is 0.699. The van der Waals surface area contributed by atoms with E-state index in [0.717, 1.165) is 24.2 Å². The first-order valence-electron chi connectivity index (χ1n) is 5.23. The molecule has 15 heavy (non-hydrogen) atoms. The molecule has 3 rings (SSSR count). The molecule has 0 aliphatic heterocycles. The van der Waals surface area contributed by atoms with Gasteiger partial charge in [-0.25, -0.2) is 4.52 Å². The van der Waals surface area contributed by atoms with Crippen molar-refractivity contribution < 1.29 is 0 Å². The molecule has 0 amide bonds. The zero-order chi connectivity index (χ0) is 10.6. The van der Waals surface area contributed by atoms with Gasteiger partial charge in [0.05, 0.1) is 0 Å². The summed E-state index contributed by atoms with van der Waals surface area (Å²) < 4.78 is 3.40. The summed E-state index contributed by atoms with van der Waals surface area (Å²) in [6.07, 6.45) is 4.22. The van der Waals surface area contributed by atoms with E-state index in [1.54, 1.807) is 9.08 Å². The standard InChI is InChI=1S/C11H13N3O/c1-7-5-9-11(15)13(2)10(8-3-4-8)12-14(9)6-7/h5-6,8H,3-4H2,1-2H3. The van der Waals surface area contributed by atoms with Gasteiger partial charge in [-0.15, -0.1) is 0 Å². The van der Waals surface area contributed by atoms with E-state index in [0.29, 0.717) is 11.4 Å². The molecule has 0 N–H and O–H groups in total. The van der Waals surface area contributed by atoms with E-state index < -0.39 is 0 Å². The normalized spacial score (nSPS) is 16.1. The van der Waals surface area contributed by atoms with Crippen LogP contribution in [0.4, 0.5) is 0 Å². The van der Waals surface area contributed by atoms with Crippen LogP contribution >= 0.6 is 0 Å². The molecule has 1 fully saturated rings. The average Bonchev–Trinajstić information content (AvgIpc) is 2.96. The molecule has 2 heterocycles. The van der Waals surface area contributed by atoms with Crippen LogP contribution in [0, 0.1) is 6.92 Å². The van der Waals surface area contributed by atoms with Gasteiger partial charge in [-0.2, -0.15) is 5.10 Å². The van der Waals surface area contributed by atoms with Gasteiger partial charge in [0.15, 0.2) is 0 Å². The van der Waals surface area contributed by atoms with Gasteiger partial charge < -0.3 is 0 Å². The van der Waals surface area contributed by atoms with Crippen LogP contribution in [-0.4, -0.2) is 14.2 Å². The third-order valence-electron chi connectivity index (χ3n) is 2.96. The lowest BCUT2D eigenvalue weighted by molar-refractivity contribution is 0.680.